The number of pyridine rings is 1. The van der Waals surface area contributed by atoms with Gasteiger partial charge in [0.25, 0.3) is 0 Å². The molecule has 0 amide bonds. The van der Waals surface area contributed by atoms with Crippen molar-refractivity contribution in [3.8, 4) is 0 Å². The summed E-state index contributed by atoms with van der Waals surface area (Å²) in [6.45, 7) is 4.64. The molecule has 14 heavy (non-hydrogen) atoms. The number of nitrogens with two attached hydrogens (primary N) is 1. The Balaban J connectivity index is 2.80. The summed E-state index contributed by atoms with van der Waals surface area (Å²) in [5.41, 5.74) is 10.1. The van der Waals surface area contributed by atoms with Crippen molar-refractivity contribution in [1.82, 2.24) is 4.98 Å². The Morgan fingerprint density at radius 1 is 1.21 bits per heavy atom. The molecule has 0 saturated heterocycles. The van der Waals surface area contributed by atoms with E-state index in [0.717, 1.165) is 11.2 Å². The van der Waals surface area contributed by atoms with Crippen LogP contribution >= 0.6 is 0 Å². The van der Waals surface area contributed by atoms with Gasteiger partial charge in [0, 0.05) is 11.9 Å². The van der Waals surface area contributed by atoms with Crippen LogP contribution < -0.4 is 5.73 Å². The van der Waals surface area contributed by atoms with E-state index in [1.54, 1.807) is 0 Å². The lowest BCUT2D eigenvalue weighted by atomic mass is 10.1. The van der Waals surface area contributed by atoms with Crippen LogP contribution in [-0.4, -0.2) is 4.98 Å². The van der Waals surface area contributed by atoms with Crippen molar-refractivity contribution in [2.45, 2.75) is 20.4 Å². The van der Waals surface area contributed by atoms with Gasteiger partial charge in [-0.2, -0.15) is 0 Å². The first kappa shape index (κ1) is 9.16. The minimum atomic E-state index is 0.510. The lowest BCUT2D eigenvalue weighted by Gasteiger charge is -2.06. The fourth-order valence-electron chi connectivity index (χ4n) is 1.70. The van der Waals surface area contributed by atoms with E-state index in [2.05, 4.69) is 43.1 Å². The molecule has 0 bridgehead atoms. The van der Waals surface area contributed by atoms with Crippen molar-refractivity contribution >= 4 is 10.9 Å². The zero-order valence-corrected chi connectivity index (χ0v) is 8.54. The molecule has 0 aliphatic heterocycles. The molecule has 72 valence electrons. The maximum absolute atomic E-state index is 5.63. The highest BCUT2D eigenvalue weighted by molar-refractivity contribution is 5.82. The fourth-order valence-corrected chi connectivity index (χ4v) is 1.70. The molecule has 0 atom stereocenters. The topological polar surface area (TPSA) is 38.9 Å². The molecule has 1 aromatic heterocycles. The van der Waals surface area contributed by atoms with Crippen LogP contribution in [-0.2, 0) is 6.54 Å². The van der Waals surface area contributed by atoms with Crippen LogP contribution in [0.4, 0.5) is 0 Å². The van der Waals surface area contributed by atoms with Gasteiger partial charge >= 0.3 is 0 Å². The first-order valence-electron chi connectivity index (χ1n) is 4.78. The summed E-state index contributed by atoms with van der Waals surface area (Å²) in [6, 6.07) is 8.37. The summed E-state index contributed by atoms with van der Waals surface area (Å²) in [7, 11) is 0. The lowest BCUT2D eigenvalue weighted by molar-refractivity contribution is 0.983. The number of para-hydroxylation sites is 1. The molecule has 0 aliphatic rings. The minimum absolute atomic E-state index is 0.510. The Bertz CT molecular complexity index is 475. The molecule has 2 heteroatoms. The summed E-state index contributed by atoms with van der Waals surface area (Å²) >= 11 is 0. The molecule has 0 radical (unpaired) electrons. The summed E-state index contributed by atoms with van der Waals surface area (Å²) in [6.07, 6.45) is 0. The van der Waals surface area contributed by atoms with E-state index in [-0.39, 0.29) is 0 Å². The third-order valence-corrected chi connectivity index (χ3v) is 2.54. The SMILES string of the molecule is Cc1cc2cccc(C)c2nc1CN. The number of hydrogen-bond acceptors (Lipinski definition) is 2. The molecule has 2 N–H and O–H groups in total. The Morgan fingerprint density at radius 2 is 2.00 bits per heavy atom. The van der Waals surface area contributed by atoms with Gasteiger partial charge in [-0.3, -0.25) is 4.98 Å². The molecule has 2 rings (SSSR count). The standard InChI is InChI=1S/C12H14N2/c1-8-4-3-5-10-6-9(2)11(7-13)14-12(8)10/h3-6H,7,13H2,1-2H3. The molecule has 1 aromatic carbocycles. The smallest absolute Gasteiger partial charge is 0.0735 e. The Hall–Kier alpha value is -1.41. The predicted molar refractivity (Wildman–Crippen MR) is 59.1 cm³/mol. The highest BCUT2D eigenvalue weighted by Gasteiger charge is 2.03. The van der Waals surface area contributed by atoms with Gasteiger partial charge < -0.3 is 5.73 Å². The predicted octanol–water partition coefficient (Wildman–Crippen LogP) is 2.31. The number of benzene rings is 1. The summed E-state index contributed by atoms with van der Waals surface area (Å²) in [5.74, 6) is 0. The molecule has 1 heterocycles. The van der Waals surface area contributed by atoms with E-state index in [9.17, 15) is 0 Å². The molecule has 0 spiro atoms. The van der Waals surface area contributed by atoms with E-state index < -0.39 is 0 Å². The van der Waals surface area contributed by atoms with Gasteiger partial charge in [-0.25, -0.2) is 0 Å². The number of aromatic nitrogens is 1. The van der Waals surface area contributed by atoms with Crippen molar-refractivity contribution in [2.24, 2.45) is 5.73 Å². The van der Waals surface area contributed by atoms with Crippen molar-refractivity contribution in [3.63, 3.8) is 0 Å². The van der Waals surface area contributed by atoms with Gasteiger partial charge in [0.15, 0.2) is 0 Å². The minimum Gasteiger partial charge on any atom is -0.325 e. The Kier molecular flexibility index (Phi) is 2.22. The maximum Gasteiger partial charge on any atom is 0.0735 e. The average Bonchev–Trinajstić information content (AvgIpc) is 2.17. The molecule has 0 fully saturated rings. The quantitative estimate of drug-likeness (QED) is 0.742. The summed E-state index contributed by atoms with van der Waals surface area (Å²) in [5, 5.41) is 1.19. The van der Waals surface area contributed by atoms with E-state index in [4.69, 9.17) is 5.73 Å². The van der Waals surface area contributed by atoms with Crippen molar-refractivity contribution in [2.75, 3.05) is 0 Å². The van der Waals surface area contributed by atoms with Crippen LogP contribution in [0.2, 0.25) is 0 Å². The number of nitrogens with zero attached hydrogens (tertiary/aromatic N) is 1. The third-order valence-electron chi connectivity index (χ3n) is 2.54. The van der Waals surface area contributed by atoms with Crippen LogP contribution in [0, 0.1) is 13.8 Å². The molecular formula is C12H14N2. The first-order chi connectivity index (χ1) is 6.72. The van der Waals surface area contributed by atoms with Crippen molar-refractivity contribution in [1.29, 1.82) is 0 Å². The molecule has 0 aliphatic carbocycles. The highest BCUT2D eigenvalue weighted by Crippen LogP contribution is 2.18. The van der Waals surface area contributed by atoms with Gasteiger partial charge in [0.05, 0.1) is 11.2 Å². The van der Waals surface area contributed by atoms with Crippen LogP contribution in [0.25, 0.3) is 10.9 Å². The number of fused-ring (bicyclic) bond motifs is 1. The molecular weight excluding hydrogens is 172 g/mol. The summed E-state index contributed by atoms with van der Waals surface area (Å²) < 4.78 is 0. The van der Waals surface area contributed by atoms with Gasteiger partial charge in [0.2, 0.25) is 0 Å². The third kappa shape index (κ3) is 1.38. The van der Waals surface area contributed by atoms with Gasteiger partial charge in [-0.15, -0.1) is 0 Å². The van der Waals surface area contributed by atoms with Crippen LogP contribution in [0.15, 0.2) is 24.3 Å². The van der Waals surface area contributed by atoms with Crippen LogP contribution in [0.3, 0.4) is 0 Å². The molecule has 2 nitrogen and oxygen atoms in total. The zero-order chi connectivity index (χ0) is 10.1. The molecule has 0 saturated carbocycles. The van der Waals surface area contributed by atoms with Gasteiger partial charge in [-0.05, 0) is 31.0 Å². The lowest BCUT2D eigenvalue weighted by Crippen LogP contribution is -2.02. The first-order valence-corrected chi connectivity index (χ1v) is 4.78. The number of aryl methyl sites for hydroxylation is 2. The van der Waals surface area contributed by atoms with Crippen LogP contribution in [0.1, 0.15) is 16.8 Å². The van der Waals surface area contributed by atoms with Gasteiger partial charge in [0.1, 0.15) is 0 Å². The summed E-state index contributed by atoms with van der Waals surface area (Å²) in [4.78, 5) is 4.57. The van der Waals surface area contributed by atoms with E-state index >= 15 is 0 Å². The fraction of sp³-hybridized carbons (Fsp3) is 0.250. The Morgan fingerprint density at radius 3 is 2.71 bits per heavy atom. The number of hydrogen-bond donors (Lipinski definition) is 1. The monoisotopic (exact) mass is 186 g/mol. The van der Waals surface area contributed by atoms with Crippen molar-refractivity contribution in [3.05, 3.63) is 41.1 Å². The van der Waals surface area contributed by atoms with Crippen molar-refractivity contribution < 1.29 is 0 Å². The maximum atomic E-state index is 5.63. The van der Waals surface area contributed by atoms with Crippen LogP contribution in [0.5, 0.6) is 0 Å². The second-order valence-corrected chi connectivity index (χ2v) is 3.60. The van der Waals surface area contributed by atoms with Gasteiger partial charge in [-0.1, -0.05) is 18.2 Å². The van der Waals surface area contributed by atoms with E-state index in [0.29, 0.717) is 6.54 Å². The second kappa shape index (κ2) is 3.39. The molecule has 0 unspecified atom stereocenters. The number of rotatable bonds is 1. The normalized spacial score (nSPS) is 10.8. The second-order valence-electron chi connectivity index (χ2n) is 3.60. The molecule has 2 aromatic rings. The average molecular weight is 186 g/mol. The van der Waals surface area contributed by atoms with E-state index in [1.165, 1.54) is 16.5 Å². The zero-order valence-electron chi connectivity index (χ0n) is 8.54. The largest absolute Gasteiger partial charge is 0.325 e. The van der Waals surface area contributed by atoms with E-state index in [1.807, 2.05) is 0 Å². The Labute approximate surface area is 83.8 Å². The highest BCUT2D eigenvalue weighted by atomic mass is 14.7.